The van der Waals surface area contributed by atoms with Crippen molar-refractivity contribution in [3.8, 4) is 0 Å². The third-order valence-electron chi connectivity index (χ3n) is 2.12. The molecule has 2 N–H and O–H groups in total. The number of carboxylic acid groups (broad SMARTS) is 1. The molecule has 0 spiro atoms. The molecule has 1 aliphatic rings. The van der Waals surface area contributed by atoms with Crippen molar-refractivity contribution in [1.29, 1.82) is 0 Å². The highest BCUT2D eigenvalue weighted by Gasteiger charge is 2.34. The summed E-state index contributed by atoms with van der Waals surface area (Å²) in [6, 6.07) is 0.528. The first-order chi connectivity index (χ1) is 5.74. The summed E-state index contributed by atoms with van der Waals surface area (Å²) in [7, 11) is 0. The highest BCUT2D eigenvalue weighted by Crippen LogP contribution is 2.34. The van der Waals surface area contributed by atoms with Crippen molar-refractivity contribution in [2.75, 3.05) is 0 Å². The molecule has 0 aromatic rings. The average molecular weight is 169 g/mol. The summed E-state index contributed by atoms with van der Waals surface area (Å²) < 4.78 is 0. The van der Waals surface area contributed by atoms with Crippen LogP contribution in [-0.2, 0) is 4.79 Å². The number of rotatable bonds is 5. The van der Waals surface area contributed by atoms with Crippen LogP contribution in [0, 0.1) is 5.92 Å². The lowest BCUT2D eigenvalue weighted by atomic mass is 10.2. The molecule has 3 heteroatoms. The van der Waals surface area contributed by atoms with Gasteiger partial charge in [0.2, 0.25) is 0 Å². The average Bonchev–Trinajstić information content (AvgIpc) is 2.68. The van der Waals surface area contributed by atoms with Crippen molar-refractivity contribution in [1.82, 2.24) is 5.32 Å². The van der Waals surface area contributed by atoms with Crippen molar-refractivity contribution in [3.05, 3.63) is 12.3 Å². The minimum atomic E-state index is -0.893. The van der Waals surface area contributed by atoms with Crippen LogP contribution in [0.15, 0.2) is 12.3 Å². The molecule has 0 saturated heterocycles. The Morgan fingerprint density at radius 2 is 2.50 bits per heavy atom. The molecule has 1 aliphatic carbocycles. The fraction of sp³-hybridized carbons (Fsp3) is 0.667. The van der Waals surface area contributed by atoms with Crippen LogP contribution < -0.4 is 5.32 Å². The van der Waals surface area contributed by atoms with Crippen LogP contribution in [0.2, 0.25) is 0 Å². The molecule has 0 amide bonds. The second kappa shape index (κ2) is 4.14. The number of aliphatic carboxylic acids is 1. The highest BCUT2D eigenvalue weighted by molar-refractivity contribution is 5.79. The molecule has 0 aromatic carbocycles. The molecule has 68 valence electrons. The summed E-state index contributed by atoms with van der Waals surface area (Å²) in [4.78, 5) is 10.1. The van der Waals surface area contributed by atoms with Crippen LogP contribution in [0.3, 0.4) is 0 Å². The Kier molecular flexibility index (Phi) is 3.14. The predicted octanol–water partition coefficient (Wildman–Crippen LogP) is 1.36. The van der Waals surface area contributed by atoms with Gasteiger partial charge in [-0.25, -0.2) is 4.79 Å². The molecular formula is C9H15NO2. The van der Waals surface area contributed by atoms with Crippen molar-refractivity contribution in [2.24, 2.45) is 5.92 Å². The Balaban J connectivity index is 2.07. The van der Waals surface area contributed by atoms with Gasteiger partial charge in [0.05, 0.1) is 0 Å². The maximum absolute atomic E-state index is 10.1. The van der Waals surface area contributed by atoms with Crippen molar-refractivity contribution < 1.29 is 9.90 Å². The second-order valence-electron chi connectivity index (χ2n) is 3.23. The van der Waals surface area contributed by atoms with Gasteiger partial charge in [0.25, 0.3) is 0 Å². The Morgan fingerprint density at radius 1 is 1.75 bits per heavy atom. The Labute approximate surface area is 72.5 Å². The Morgan fingerprint density at radius 3 is 3.08 bits per heavy atom. The molecule has 1 fully saturated rings. The van der Waals surface area contributed by atoms with Gasteiger partial charge < -0.3 is 10.4 Å². The SMILES string of the molecule is CCCC1CC1N/C=C/C(=O)O. The minimum Gasteiger partial charge on any atom is -0.478 e. The van der Waals surface area contributed by atoms with E-state index in [1.807, 2.05) is 0 Å². The van der Waals surface area contributed by atoms with Crippen molar-refractivity contribution >= 4 is 5.97 Å². The second-order valence-corrected chi connectivity index (χ2v) is 3.23. The number of nitrogens with one attached hydrogen (secondary N) is 1. The van der Waals surface area contributed by atoms with Crippen LogP contribution in [0.1, 0.15) is 26.2 Å². The van der Waals surface area contributed by atoms with E-state index >= 15 is 0 Å². The number of carboxylic acids is 1. The zero-order chi connectivity index (χ0) is 8.97. The van der Waals surface area contributed by atoms with E-state index in [0.29, 0.717) is 6.04 Å². The molecule has 1 saturated carbocycles. The van der Waals surface area contributed by atoms with Crippen LogP contribution in [0.4, 0.5) is 0 Å². The van der Waals surface area contributed by atoms with Crippen LogP contribution >= 0.6 is 0 Å². The van der Waals surface area contributed by atoms with Gasteiger partial charge in [-0.15, -0.1) is 0 Å². The molecule has 0 aliphatic heterocycles. The van der Waals surface area contributed by atoms with Gasteiger partial charge in [-0.05, 0) is 18.8 Å². The number of carbonyl (C=O) groups is 1. The van der Waals surface area contributed by atoms with Gasteiger partial charge in [0.1, 0.15) is 0 Å². The molecular weight excluding hydrogens is 154 g/mol. The van der Waals surface area contributed by atoms with E-state index < -0.39 is 5.97 Å². The van der Waals surface area contributed by atoms with Gasteiger partial charge >= 0.3 is 5.97 Å². The first-order valence-electron chi connectivity index (χ1n) is 4.39. The lowest BCUT2D eigenvalue weighted by molar-refractivity contribution is -0.131. The summed E-state index contributed by atoms with van der Waals surface area (Å²) >= 11 is 0. The van der Waals surface area contributed by atoms with E-state index in [-0.39, 0.29) is 0 Å². The Bertz CT molecular complexity index is 189. The first kappa shape index (κ1) is 9.10. The largest absolute Gasteiger partial charge is 0.478 e. The van der Waals surface area contributed by atoms with Gasteiger partial charge in [-0.1, -0.05) is 13.3 Å². The minimum absolute atomic E-state index is 0.528. The van der Waals surface area contributed by atoms with Gasteiger partial charge in [0.15, 0.2) is 0 Å². The maximum Gasteiger partial charge on any atom is 0.329 e. The Hall–Kier alpha value is -0.990. The molecule has 2 atom stereocenters. The summed E-state index contributed by atoms with van der Waals surface area (Å²) in [5.74, 6) is -0.122. The quantitative estimate of drug-likeness (QED) is 0.611. The van der Waals surface area contributed by atoms with Crippen molar-refractivity contribution in [2.45, 2.75) is 32.2 Å². The van der Waals surface area contributed by atoms with Crippen molar-refractivity contribution in [3.63, 3.8) is 0 Å². The van der Waals surface area contributed by atoms with E-state index in [0.717, 1.165) is 12.0 Å². The standard InChI is InChI=1S/C9H15NO2/c1-2-3-7-6-8(7)10-5-4-9(11)12/h4-5,7-8,10H,2-3,6H2,1H3,(H,11,12)/b5-4+. The van der Waals surface area contributed by atoms with E-state index in [2.05, 4.69) is 12.2 Å². The molecule has 0 aromatic heterocycles. The molecule has 0 heterocycles. The third kappa shape index (κ3) is 2.95. The zero-order valence-electron chi connectivity index (χ0n) is 7.29. The van der Waals surface area contributed by atoms with E-state index in [9.17, 15) is 4.79 Å². The normalized spacial score (nSPS) is 27.4. The smallest absolute Gasteiger partial charge is 0.329 e. The maximum atomic E-state index is 10.1. The van der Waals surface area contributed by atoms with Gasteiger partial charge in [-0.2, -0.15) is 0 Å². The monoisotopic (exact) mass is 169 g/mol. The summed E-state index contributed by atoms with van der Waals surface area (Å²) in [6.07, 6.45) is 6.33. The van der Waals surface area contributed by atoms with Crippen LogP contribution in [0.5, 0.6) is 0 Å². The zero-order valence-corrected chi connectivity index (χ0v) is 7.29. The summed E-state index contributed by atoms with van der Waals surface area (Å²) in [6.45, 7) is 2.17. The van der Waals surface area contributed by atoms with E-state index in [4.69, 9.17) is 5.11 Å². The topological polar surface area (TPSA) is 49.3 Å². The van der Waals surface area contributed by atoms with Gasteiger partial charge in [0, 0.05) is 18.3 Å². The first-order valence-corrected chi connectivity index (χ1v) is 4.39. The van der Waals surface area contributed by atoms with Gasteiger partial charge in [-0.3, -0.25) is 0 Å². The molecule has 12 heavy (non-hydrogen) atoms. The lowest BCUT2D eigenvalue weighted by Gasteiger charge is -1.96. The summed E-state index contributed by atoms with van der Waals surface area (Å²) in [5, 5.41) is 11.4. The summed E-state index contributed by atoms with van der Waals surface area (Å²) in [5.41, 5.74) is 0. The fourth-order valence-corrected chi connectivity index (χ4v) is 1.38. The van der Waals surface area contributed by atoms with E-state index in [1.54, 1.807) is 0 Å². The molecule has 0 bridgehead atoms. The highest BCUT2D eigenvalue weighted by atomic mass is 16.4. The molecule has 0 radical (unpaired) electrons. The number of hydrogen-bond donors (Lipinski definition) is 2. The molecule has 3 nitrogen and oxygen atoms in total. The molecule has 2 unspecified atom stereocenters. The predicted molar refractivity (Wildman–Crippen MR) is 46.7 cm³/mol. The van der Waals surface area contributed by atoms with Crippen LogP contribution in [-0.4, -0.2) is 17.1 Å². The van der Waals surface area contributed by atoms with E-state index in [1.165, 1.54) is 25.5 Å². The number of hydrogen-bond acceptors (Lipinski definition) is 2. The van der Waals surface area contributed by atoms with Crippen LogP contribution in [0.25, 0.3) is 0 Å². The molecule has 1 rings (SSSR count). The lowest BCUT2D eigenvalue weighted by Crippen LogP contribution is -2.10. The third-order valence-corrected chi connectivity index (χ3v) is 2.12. The fourth-order valence-electron chi connectivity index (χ4n) is 1.38.